The number of para-hydroxylation sites is 1. The fourth-order valence-electron chi connectivity index (χ4n) is 4.54. The summed E-state index contributed by atoms with van der Waals surface area (Å²) in [6.45, 7) is 6.90. The van der Waals surface area contributed by atoms with Crippen molar-refractivity contribution in [2.24, 2.45) is 0 Å². The first kappa shape index (κ1) is 21.9. The van der Waals surface area contributed by atoms with E-state index in [9.17, 15) is 0 Å². The summed E-state index contributed by atoms with van der Waals surface area (Å²) in [5.41, 5.74) is 4.86. The van der Waals surface area contributed by atoms with E-state index in [4.69, 9.17) is 9.72 Å². The molecule has 6 aromatic rings. The molecule has 0 radical (unpaired) electrons. The van der Waals surface area contributed by atoms with E-state index >= 15 is 0 Å². The van der Waals surface area contributed by atoms with E-state index in [0.29, 0.717) is 0 Å². The van der Waals surface area contributed by atoms with Crippen LogP contribution < -0.4 is 4.74 Å². The van der Waals surface area contributed by atoms with E-state index in [1.54, 1.807) is 0 Å². The van der Waals surface area contributed by atoms with Gasteiger partial charge < -0.3 is 0 Å². The molecule has 3 nitrogen and oxygen atoms in total. The summed E-state index contributed by atoms with van der Waals surface area (Å²) < 4.78 is 13.3. The standard InChI is InChI=1S/C29H23BrN2OTe/c1-29(2,3)23-17-27(31-24-13-14-34-28(23)24)32-25-10-5-4-9-21(25)22-12-11-20(16-26(22)32)33-19-8-6-7-18(30)15-19/h4-17H,1-3H3. The van der Waals surface area contributed by atoms with E-state index in [0.717, 1.165) is 38.3 Å². The molecule has 0 atom stereocenters. The van der Waals surface area contributed by atoms with Crippen LogP contribution in [0.1, 0.15) is 26.3 Å². The summed E-state index contributed by atoms with van der Waals surface area (Å²) in [5.74, 6) is 2.57. The maximum absolute atomic E-state index is 6.24. The molecule has 6 rings (SSSR count). The second kappa shape index (κ2) is 8.27. The molecule has 0 saturated heterocycles. The Labute approximate surface area is 216 Å². The summed E-state index contributed by atoms with van der Waals surface area (Å²) in [5, 5.41) is 2.41. The van der Waals surface area contributed by atoms with E-state index in [1.807, 2.05) is 30.3 Å². The van der Waals surface area contributed by atoms with Gasteiger partial charge in [-0.3, -0.25) is 0 Å². The SMILES string of the molecule is CC(C)(C)c1cc(-n2c3ccccc3c3ccc(Oc4cccc(Br)c4)cc32)nc2cc[te]c12. The monoisotopic (exact) mass is 624 g/mol. The molecule has 0 unspecified atom stereocenters. The number of aromatic nitrogens is 2. The topological polar surface area (TPSA) is 27.1 Å². The quantitative estimate of drug-likeness (QED) is 0.186. The van der Waals surface area contributed by atoms with Crippen molar-refractivity contribution >= 4 is 67.1 Å². The number of fused-ring (bicyclic) bond motifs is 4. The van der Waals surface area contributed by atoms with Crippen LogP contribution in [0, 0.1) is 0 Å². The Morgan fingerprint density at radius 2 is 1.62 bits per heavy atom. The number of rotatable bonds is 3. The van der Waals surface area contributed by atoms with Gasteiger partial charge in [-0.25, -0.2) is 0 Å². The van der Waals surface area contributed by atoms with Crippen LogP contribution in [0.2, 0.25) is 0 Å². The second-order valence-electron chi connectivity index (χ2n) is 9.50. The van der Waals surface area contributed by atoms with Crippen LogP contribution in [-0.4, -0.2) is 30.0 Å². The van der Waals surface area contributed by atoms with Gasteiger partial charge in [-0.1, -0.05) is 15.9 Å². The van der Waals surface area contributed by atoms with Gasteiger partial charge in [0.1, 0.15) is 0 Å². The molecule has 3 aromatic carbocycles. The Hall–Kier alpha value is -2.58. The van der Waals surface area contributed by atoms with Crippen molar-refractivity contribution in [2.45, 2.75) is 26.2 Å². The molecule has 0 saturated carbocycles. The van der Waals surface area contributed by atoms with Crippen LogP contribution in [0.4, 0.5) is 0 Å². The van der Waals surface area contributed by atoms with Gasteiger partial charge in [-0.2, -0.15) is 0 Å². The Kier molecular flexibility index (Phi) is 5.33. The predicted molar refractivity (Wildman–Crippen MR) is 146 cm³/mol. The molecule has 5 heteroatoms. The van der Waals surface area contributed by atoms with Crippen LogP contribution in [-0.2, 0) is 5.41 Å². The fraction of sp³-hybridized carbons (Fsp3) is 0.138. The number of nitrogens with zero attached hydrogens (tertiary/aromatic N) is 2. The molecule has 0 spiro atoms. The van der Waals surface area contributed by atoms with Crippen molar-refractivity contribution in [3.63, 3.8) is 0 Å². The van der Waals surface area contributed by atoms with Crippen molar-refractivity contribution in [1.29, 1.82) is 0 Å². The Morgan fingerprint density at radius 3 is 2.44 bits per heavy atom. The Morgan fingerprint density at radius 1 is 0.824 bits per heavy atom. The first-order chi connectivity index (χ1) is 16.4. The molecule has 0 aliphatic carbocycles. The summed E-state index contributed by atoms with van der Waals surface area (Å²) in [4.78, 5) is 5.16. The van der Waals surface area contributed by atoms with Crippen molar-refractivity contribution in [1.82, 2.24) is 9.55 Å². The first-order valence-corrected chi connectivity index (χ1v) is 14.5. The molecule has 0 amide bonds. The molecule has 34 heavy (non-hydrogen) atoms. The van der Waals surface area contributed by atoms with Crippen LogP contribution in [0.3, 0.4) is 0 Å². The fourth-order valence-corrected chi connectivity index (χ4v) is 7.94. The third-order valence-electron chi connectivity index (χ3n) is 6.11. The number of hydrogen-bond donors (Lipinski definition) is 0. The molecular formula is C29H23BrN2OTe. The summed E-state index contributed by atoms with van der Waals surface area (Å²) in [6, 6.07) is 27.4. The predicted octanol–water partition coefficient (Wildman–Crippen LogP) is 8.24. The van der Waals surface area contributed by atoms with Gasteiger partial charge in [-0.15, -0.1) is 0 Å². The minimum atomic E-state index is -0.315. The number of ether oxygens (including phenoxy) is 1. The zero-order valence-corrected chi connectivity index (χ0v) is 23.1. The molecule has 3 heterocycles. The average molecular weight is 623 g/mol. The Balaban J connectivity index is 1.62. The summed E-state index contributed by atoms with van der Waals surface area (Å²) in [7, 11) is 0. The number of halogens is 1. The van der Waals surface area contributed by atoms with Crippen LogP contribution in [0.15, 0.2) is 87.4 Å². The second-order valence-corrected chi connectivity index (χ2v) is 13.0. The third kappa shape index (κ3) is 3.77. The van der Waals surface area contributed by atoms with Crippen molar-refractivity contribution in [3.05, 3.63) is 93.0 Å². The van der Waals surface area contributed by atoms with E-state index in [-0.39, 0.29) is 25.8 Å². The van der Waals surface area contributed by atoms with Crippen LogP contribution in [0.25, 0.3) is 36.5 Å². The van der Waals surface area contributed by atoms with Crippen LogP contribution in [0.5, 0.6) is 11.5 Å². The van der Waals surface area contributed by atoms with Crippen LogP contribution >= 0.6 is 15.9 Å². The summed E-state index contributed by atoms with van der Waals surface area (Å²) >= 11 is 3.22. The van der Waals surface area contributed by atoms with Gasteiger partial charge in [0.15, 0.2) is 0 Å². The number of benzene rings is 3. The normalized spacial score (nSPS) is 12.1. The molecule has 0 aliphatic rings. The first-order valence-electron chi connectivity index (χ1n) is 11.2. The zero-order valence-electron chi connectivity index (χ0n) is 19.2. The van der Waals surface area contributed by atoms with Gasteiger partial charge in [-0.05, 0) is 6.07 Å². The number of hydrogen-bond acceptors (Lipinski definition) is 2. The van der Waals surface area contributed by atoms with E-state index < -0.39 is 0 Å². The van der Waals surface area contributed by atoms with Gasteiger partial charge in [0.2, 0.25) is 0 Å². The molecule has 0 aliphatic heterocycles. The molecule has 168 valence electrons. The van der Waals surface area contributed by atoms with Gasteiger partial charge in [0, 0.05) is 0 Å². The molecular weight excluding hydrogens is 600 g/mol. The summed E-state index contributed by atoms with van der Waals surface area (Å²) in [6.07, 6.45) is 0. The third-order valence-corrected chi connectivity index (χ3v) is 9.28. The Bertz CT molecular complexity index is 1690. The van der Waals surface area contributed by atoms with Gasteiger partial charge >= 0.3 is 196 Å². The average Bonchev–Trinajstić information content (AvgIpc) is 3.40. The van der Waals surface area contributed by atoms with Gasteiger partial charge in [0.25, 0.3) is 0 Å². The molecule has 0 fully saturated rings. The zero-order chi connectivity index (χ0) is 23.4. The molecule has 3 aromatic heterocycles. The maximum atomic E-state index is 6.24. The van der Waals surface area contributed by atoms with E-state index in [1.165, 1.54) is 19.7 Å². The van der Waals surface area contributed by atoms with Gasteiger partial charge in [0.05, 0.1) is 0 Å². The minimum absolute atomic E-state index is 0.0618. The van der Waals surface area contributed by atoms with Crippen molar-refractivity contribution in [2.75, 3.05) is 0 Å². The van der Waals surface area contributed by atoms with E-state index in [2.05, 4.69) is 93.9 Å². The number of pyridine rings is 1. The van der Waals surface area contributed by atoms with Crippen molar-refractivity contribution in [3.8, 4) is 17.3 Å². The molecule has 0 bridgehead atoms. The van der Waals surface area contributed by atoms with Crippen molar-refractivity contribution < 1.29 is 4.74 Å². The molecule has 0 N–H and O–H groups in total.